The summed E-state index contributed by atoms with van der Waals surface area (Å²) in [7, 11) is 0. The molecule has 2 heterocycles. The maximum Gasteiger partial charge on any atom is 0.321 e. The molecule has 2 aromatic carbocycles. The summed E-state index contributed by atoms with van der Waals surface area (Å²) in [5.74, 6) is -1.54. The average molecular weight is 441 g/mol. The van der Waals surface area contributed by atoms with E-state index in [1.54, 1.807) is 25.1 Å². The number of guanidine groups is 1. The highest BCUT2D eigenvalue weighted by Gasteiger charge is 2.42. The standard InChI is InChI=1S/C23H25ClN4O3/c1-2-31-22(30)19-20(16-7-6-8-17(24)15-16)25-23(26-21(19)29)28-13-11-27(12-14-28)18-9-4-3-5-10-18/h3-10,15,19-20H,2,11-14H2,1H3,(H,25,26,29). The second-order valence-corrected chi connectivity index (χ2v) is 7.92. The number of nitrogens with zero attached hydrogens (tertiary/aromatic N) is 3. The van der Waals surface area contributed by atoms with E-state index in [0.717, 1.165) is 13.1 Å². The molecule has 4 rings (SSSR count). The average Bonchev–Trinajstić information content (AvgIpc) is 2.79. The van der Waals surface area contributed by atoms with E-state index < -0.39 is 23.8 Å². The fourth-order valence-electron chi connectivity index (χ4n) is 3.97. The van der Waals surface area contributed by atoms with Crippen molar-refractivity contribution >= 4 is 35.1 Å². The van der Waals surface area contributed by atoms with E-state index in [-0.39, 0.29) is 6.61 Å². The number of carbonyl (C=O) groups excluding carboxylic acids is 2. The minimum atomic E-state index is -1.05. The van der Waals surface area contributed by atoms with E-state index in [2.05, 4.69) is 27.2 Å². The highest BCUT2D eigenvalue weighted by molar-refractivity contribution is 6.30. The van der Waals surface area contributed by atoms with Crippen molar-refractivity contribution in [2.75, 3.05) is 37.7 Å². The molecule has 2 aliphatic rings. The molecule has 0 radical (unpaired) electrons. The smallest absolute Gasteiger partial charge is 0.321 e. The van der Waals surface area contributed by atoms with Crippen molar-refractivity contribution in [2.24, 2.45) is 10.9 Å². The lowest BCUT2D eigenvalue weighted by Crippen LogP contribution is -2.57. The van der Waals surface area contributed by atoms with Gasteiger partial charge in [-0.15, -0.1) is 0 Å². The number of amides is 1. The van der Waals surface area contributed by atoms with Crippen LogP contribution < -0.4 is 10.2 Å². The number of piperazine rings is 1. The van der Waals surface area contributed by atoms with Gasteiger partial charge in [-0.25, -0.2) is 4.99 Å². The zero-order valence-electron chi connectivity index (χ0n) is 17.3. The Morgan fingerprint density at radius 1 is 1.10 bits per heavy atom. The number of halogens is 1. The molecule has 0 aliphatic carbocycles. The Hall–Kier alpha value is -3.06. The first-order valence-electron chi connectivity index (χ1n) is 10.4. The van der Waals surface area contributed by atoms with Gasteiger partial charge in [0.1, 0.15) is 6.04 Å². The largest absolute Gasteiger partial charge is 0.465 e. The molecule has 0 spiro atoms. The molecule has 1 saturated heterocycles. The minimum Gasteiger partial charge on any atom is -0.465 e. The molecular weight excluding hydrogens is 416 g/mol. The van der Waals surface area contributed by atoms with Gasteiger partial charge in [-0.3, -0.25) is 14.9 Å². The number of ether oxygens (including phenoxy) is 1. The number of rotatable bonds is 4. The van der Waals surface area contributed by atoms with Crippen molar-refractivity contribution in [3.63, 3.8) is 0 Å². The Balaban J connectivity index is 1.57. The van der Waals surface area contributed by atoms with Crippen molar-refractivity contribution in [3.05, 3.63) is 65.2 Å². The van der Waals surface area contributed by atoms with E-state index in [9.17, 15) is 9.59 Å². The summed E-state index contributed by atoms with van der Waals surface area (Å²) in [6, 6.07) is 16.7. The quantitative estimate of drug-likeness (QED) is 0.584. The fourth-order valence-corrected chi connectivity index (χ4v) is 4.17. The molecule has 7 nitrogen and oxygen atoms in total. The second kappa shape index (κ2) is 9.39. The van der Waals surface area contributed by atoms with E-state index in [4.69, 9.17) is 21.3 Å². The number of anilines is 1. The van der Waals surface area contributed by atoms with E-state index >= 15 is 0 Å². The number of benzene rings is 2. The molecule has 2 unspecified atom stereocenters. The van der Waals surface area contributed by atoms with Crippen molar-refractivity contribution < 1.29 is 14.3 Å². The summed E-state index contributed by atoms with van der Waals surface area (Å²) in [5.41, 5.74) is 1.89. The van der Waals surface area contributed by atoms with Crippen LogP contribution in [-0.2, 0) is 14.3 Å². The highest BCUT2D eigenvalue weighted by atomic mass is 35.5. The molecule has 1 amide bonds. The molecule has 2 atom stereocenters. The summed E-state index contributed by atoms with van der Waals surface area (Å²) in [6.07, 6.45) is 0. The monoisotopic (exact) mass is 440 g/mol. The van der Waals surface area contributed by atoms with Gasteiger partial charge in [-0.2, -0.15) is 0 Å². The number of esters is 1. The van der Waals surface area contributed by atoms with Crippen molar-refractivity contribution in [2.45, 2.75) is 13.0 Å². The predicted molar refractivity (Wildman–Crippen MR) is 120 cm³/mol. The van der Waals surface area contributed by atoms with Gasteiger partial charge in [-0.05, 0) is 36.8 Å². The van der Waals surface area contributed by atoms with Crippen LogP contribution in [0.1, 0.15) is 18.5 Å². The van der Waals surface area contributed by atoms with Crippen LogP contribution in [0.2, 0.25) is 5.02 Å². The summed E-state index contributed by atoms with van der Waals surface area (Å²) in [6.45, 7) is 4.95. The van der Waals surface area contributed by atoms with Crippen LogP contribution in [0.15, 0.2) is 59.6 Å². The molecule has 31 heavy (non-hydrogen) atoms. The molecule has 2 aromatic rings. The summed E-state index contributed by atoms with van der Waals surface area (Å²) >= 11 is 6.17. The van der Waals surface area contributed by atoms with Gasteiger partial charge in [0, 0.05) is 36.9 Å². The van der Waals surface area contributed by atoms with Crippen LogP contribution >= 0.6 is 11.6 Å². The van der Waals surface area contributed by atoms with Gasteiger partial charge in [-0.1, -0.05) is 41.9 Å². The lowest BCUT2D eigenvalue weighted by Gasteiger charge is -2.39. The Kier molecular flexibility index (Phi) is 6.42. The first kappa shape index (κ1) is 21.2. The van der Waals surface area contributed by atoms with E-state index in [0.29, 0.717) is 29.6 Å². The lowest BCUT2D eigenvalue weighted by molar-refractivity contribution is -0.153. The molecule has 0 saturated carbocycles. The van der Waals surface area contributed by atoms with Gasteiger partial charge in [0.2, 0.25) is 11.9 Å². The SMILES string of the molecule is CCOC(=O)C1C(=O)NC(N2CCN(c3ccccc3)CC2)=NC1c1cccc(Cl)c1. The second-order valence-electron chi connectivity index (χ2n) is 7.48. The number of hydrogen-bond donors (Lipinski definition) is 1. The van der Waals surface area contributed by atoms with Crippen molar-refractivity contribution in [3.8, 4) is 0 Å². The van der Waals surface area contributed by atoms with Crippen LogP contribution in [0.4, 0.5) is 5.69 Å². The molecule has 0 aromatic heterocycles. The third-order valence-electron chi connectivity index (χ3n) is 5.53. The predicted octanol–water partition coefficient (Wildman–Crippen LogP) is 2.87. The number of aliphatic imine (C=N–C) groups is 1. The van der Waals surface area contributed by atoms with Crippen LogP contribution in [0, 0.1) is 5.92 Å². The van der Waals surface area contributed by atoms with Crippen molar-refractivity contribution in [1.29, 1.82) is 0 Å². The third-order valence-corrected chi connectivity index (χ3v) is 5.76. The number of nitrogens with one attached hydrogen (secondary N) is 1. The molecule has 0 bridgehead atoms. The number of para-hydroxylation sites is 1. The summed E-state index contributed by atoms with van der Waals surface area (Å²) in [4.78, 5) is 34.6. The first-order valence-corrected chi connectivity index (χ1v) is 10.8. The normalized spacial score (nSPS) is 21.4. The maximum atomic E-state index is 13.0. The van der Waals surface area contributed by atoms with Crippen molar-refractivity contribution in [1.82, 2.24) is 10.2 Å². The summed E-state index contributed by atoms with van der Waals surface area (Å²) < 4.78 is 5.16. The van der Waals surface area contributed by atoms with Gasteiger partial charge in [0.25, 0.3) is 0 Å². The minimum absolute atomic E-state index is 0.197. The Bertz CT molecular complexity index is 974. The van der Waals surface area contributed by atoms with E-state index in [1.165, 1.54) is 5.69 Å². The zero-order valence-corrected chi connectivity index (χ0v) is 18.1. The van der Waals surface area contributed by atoms with Crippen LogP contribution in [0.5, 0.6) is 0 Å². The molecule has 2 aliphatic heterocycles. The van der Waals surface area contributed by atoms with Gasteiger partial charge in [0.15, 0.2) is 5.92 Å². The number of carbonyl (C=O) groups is 2. The Morgan fingerprint density at radius 3 is 2.48 bits per heavy atom. The molecule has 162 valence electrons. The van der Waals surface area contributed by atoms with Crippen LogP contribution in [-0.4, -0.2) is 55.5 Å². The molecule has 1 fully saturated rings. The Morgan fingerprint density at radius 2 is 1.81 bits per heavy atom. The zero-order chi connectivity index (χ0) is 21.8. The number of hydrogen-bond acceptors (Lipinski definition) is 6. The van der Waals surface area contributed by atoms with Gasteiger partial charge in [0.05, 0.1) is 6.61 Å². The first-order chi connectivity index (χ1) is 15.1. The van der Waals surface area contributed by atoms with Crippen LogP contribution in [0.3, 0.4) is 0 Å². The third kappa shape index (κ3) is 4.66. The molecule has 1 N–H and O–H groups in total. The van der Waals surface area contributed by atoms with Gasteiger partial charge < -0.3 is 14.5 Å². The lowest BCUT2D eigenvalue weighted by atomic mass is 9.91. The highest BCUT2D eigenvalue weighted by Crippen LogP contribution is 2.32. The molecule has 8 heteroatoms. The van der Waals surface area contributed by atoms with Gasteiger partial charge >= 0.3 is 5.97 Å². The topological polar surface area (TPSA) is 74.2 Å². The molecular formula is C23H25ClN4O3. The summed E-state index contributed by atoms with van der Waals surface area (Å²) in [5, 5.41) is 3.36. The Labute approximate surface area is 186 Å². The van der Waals surface area contributed by atoms with E-state index in [1.807, 2.05) is 24.3 Å². The fraction of sp³-hybridized carbons (Fsp3) is 0.348. The maximum absolute atomic E-state index is 13.0. The van der Waals surface area contributed by atoms with Crippen LogP contribution in [0.25, 0.3) is 0 Å².